The molecule has 5 heteroatoms. The summed E-state index contributed by atoms with van der Waals surface area (Å²) in [5.41, 5.74) is 0. The van der Waals surface area contributed by atoms with Gasteiger partial charge in [-0.15, -0.1) is 0 Å². The first-order valence-corrected chi connectivity index (χ1v) is 14.6. The van der Waals surface area contributed by atoms with Gasteiger partial charge in [0.1, 0.15) is 0 Å². The van der Waals surface area contributed by atoms with Crippen molar-refractivity contribution in [2.24, 2.45) is 23.7 Å². The van der Waals surface area contributed by atoms with Gasteiger partial charge in [-0.1, -0.05) is 76.5 Å². The lowest BCUT2D eigenvalue weighted by atomic mass is 9.69. The summed E-state index contributed by atoms with van der Waals surface area (Å²) >= 11 is 0. The minimum absolute atomic E-state index is 0.300. The average Bonchev–Trinajstić information content (AvgIpc) is 2.80. The second-order valence-electron chi connectivity index (χ2n) is 10.4. The van der Waals surface area contributed by atoms with Crippen molar-refractivity contribution in [1.29, 1.82) is 0 Å². The Hall–Kier alpha value is -1.10. The highest BCUT2D eigenvalue weighted by Crippen LogP contribution is 2.43. The summed E-state index contributed by atoms with van der Waals surface area (Å²) < 4.78 is 37.7. The van der Waals surface area contributed by atoms with Crippen molar-refractivity contribution in [3.05, 3.63) is 18.2 Å². The van der Waals surface area contributed by atoms with E-state index in [0.29, 0.717) is 21.0 Å². The molecule has 2 fully saturated rings. The molecule has 2 radical (unpaired) electrons. The molecule has 2 nitrogen and oxygen atoms in total. The highest BCUT2D eigenvalue weighted by Gasteiger charge is 2.31. The van der Waals surface area contributed by atoms with Gasteiger partial charge in [0, 0.05) is 13.8 Å². The largest absolute Gasteiger partial charge is 0.457 e. The monoisotopic (exact) mass is 478 g/mol. The molecule has 2 saturated carbocycles. The third kappa shape index (κ3) is 8.56. The molecule has 0 aromatic heterocycles. The van der Waals surface area contributed by atoms with Gasteiger partial charge in [0.25, 0.3) is 0 Å². The molecule has 1 aromatic rings. The van der Waals surface area contributed by atoms with Crippen LogP contribution in [0.15, 0.2) is 18.2 Å². The molecule has 1 aromatic carbocycles. The smallest absolute Gasteiger partial charge is 0.236 e. The van der Waals surface area contributed by atoms with Crippen molar-refractivity contribution >= 4 is 14.7 Å². The van der Waals surface area contributed by atoms with E-state index in [1.807, 2.05) is 12.1 Å². The molecular weight excluding hydrogens is 434 g/mol. The molecule has 2 atom stereocenters. The Labute approximate surface area is 203 Å². The van der Waals surface area contributed by atoms with E-state index in [1.165, 1.54) is 90.9 Å². The maximum Gasteiger partial charge on any atom is 0.236 e. The van der Waals surface area contributed by atoms with E-state index in [4.69, 9.17) is 9.47 Å². The van der Waals surface area contributed by atoms with Crippen molar-refractivity contribution in [2.75, 3.05) is 0 Å². The molecular formula is C28H44F2O2Si. The third-order valence-electron chi connectivity index (χ3n) is 7.80. The topological polar surface area (TPSA) is 18.5 Å². The number of halogens is 2. The Balaban J connectivity index is 1.44. The van der Waals surface area contributed by atoms with Crippen LogP contribution in [-0.2, 0) is 0 Å². The quantitative estimate of drug-likeness (QED) is 0.224. The molecule has 0 amide bonds. The number of para-hydroxylation sites is 1. The molecule has 0 N–H and O–H groups in total. The molecule has 0 bridgehead atoms. The van der Waals surface area contributed by atoms with Gasteiger partial charge in [0.2, 0.25) is 12.7 Å². The number of rotatable bonds is 12. The van der Waals surface area contributed by atoms with Crippen molar-refractivity contribution < 1.29 is 18.3 Å². The van der Waals surface area contributed by atoms with Gasteiger partial charge in [-0.3, -0.25) is 0 Å². The summed E-state index contributed by atoms with van der Waals surface area (Å²) in [6.45, 7) is 4.97. The lowest BCUT2D eigenvalue weighted by molar-refractivity contribution is 0.0592. The molecule has 2 aliphatic carbocycles. The minimum atomic E-state index is -1.46. The number of hydrogen-bond acceptors (Lipinski definition) is 2. The molecule has 186 valence electrons. The lowest BCUT2D eigenvalue weighted by Crippen LogP contribution is -2.28. The Morgan fingerprint density at radius 2 is 1.45 bits per heavy atom. The zero-order valence-electron chi connectivity index (χ0n) is 21.0. The number of unbranched alkanes of at least 4 members (excludes halogenated alkanes) is 2. The SMILES string of the molecule is CCCCCC1CCC(C2CCC(C[Si]c3cccc(OC(C)F)c3OC(C)F)CC2)CC1. The van der Waals surface area contributed by atoms with E-state index >= 15 is 0 Å². The predicted molar refractivity (Wildman–Crippen MR) is 134 cm³/mol. The van der Waals surface area contributed by atoms with Gasteiger partial charge in [0.05, 0.1) is 9.52 Å². The molecule has 0 spiro atoms. The summed E-state index contributed by atoms with van der Waals surface area (Å²) in [6, 6.07) is 6.58. The van der Waals surface area contributed by atoms with Crippen molar-refractivity contribution in [1.82, 2.24) is 0 Å². The van der Waals surface area contributed by atoms with Crippen molar-refractivity contribution in [3.63, 3.8) is 0 Å². The van der Waals surface area contributed by atoms with E-state index < -0.39 is 12.7 Å². The Kier molecular flexibility index (Phi) is 11.0. The standard InChI is InChI=1S/C28H44F2O2Si/c1-4-5-6-8-22-11-15-24(16-12-22)25-17-13-23(14-18-25)19-33-27-10-7-9-26(31-20(2)29)28(27)32-21(3)30/h7,9-10,20-25H,4-6,8,11-19H2,1-3H3. The van der Waals surface area contributed by atoms with Crippen LogP contribution in [0.5, 0.6) is 11.5 Å². The van der Waals surface area contributed by atoms with E-state index in [2.05, 4.69) is 6.92 Å². The van der Waals surface area contributed by atoms with Crippen LogP contribution in [0.1, 0.15) is 97.8 Å². The van der Waals surface area contributed by atoms with Crippen molar-refractivity contribution in [3.8, 4) is 11.5 Å². The van der Waals surface area contributed by atoms with Crippen LogP contribution in [0.2, 0.25) is 6.04 Å². The van der Waals surface area contributed by atoms with Gasteiger partial charge in [-0.05, 0) is 60.6 Å². The molecule has 0 aliphatic heterocycles. The number of ether oxygens (including phenoxy) is 2. The van der Waals surface area contributed by atoms with Crippen LogP contribution in [0, 0.1) is 23.7 Å². The average molecular weight is 479 g/mol. The van der Waals surface area contributed by atoms with Gasteiger partial charge in [-0.25, -0.2) is 8.78 Å². The van der Waals surface area contributed by atoms with Crippen molar-refractivity contribution in [2.45, 2.75) is 117 Å². The predicted octanol–water partition coefficient (Wildman–Crippen LogP) is 8.02. The van der Waals surface area contributed by atoms with Gasteiger partial charge in [0.15, 0.2) is 11.5 Å². The second kappa shape index (κ2) is 13.7. The minimum Gasteiger partial charge on any atom is -0.457 e. The molecule has 2 aliphatic rings. The maximum atomic E-state index is 13.6. The Morgan fingerprint density at radius 1 is 0.848 bits per heavy atom. The van der Waals surface area contributed by atoms with Crippen LogP contribution >= 0.6 is 0 Å². The Bertz CT molecular complexity index is 680. The fourth-order valence-electron chi connectivity index (χ4n) is 5.96. The van der Waals surface area contributed by atoms with E-state index in [0.717, 1.165) is 34.9 Å². The number of alkyl halides is 2. The van der Waals surface area contributed by atoms with Crippen LogP contribution in [-0.4, -0.2) is 22.2 Å². The first kappa shape index (κ1) is 26.5. The number of hydrogen-bond donors (Lipinski definition) is 0. The summed E-state index contributed by atoms with van der Waals surface area (Å²) in [5.74, 6) is 4.28. The highest BCUT2D eigenvalue weighted by atomic mass is 28.2. The lowest BCUT2D eigenvalue weighted by Gasteiger charge is -2.38. The number of benzene rings is 1. The molecule has 0 heterocycles. The molecule has 2 unspecified atom stereocenters. The first-order chi connectivity index (χ1) is 16.0. The zero-order valence-corrected chi connectivity index (χ0v) is 22.0. The molecule has 0 saturated heterocycles. The van der Waals surface area contributed by atoms with Gasteiger partial charge in [-0.2, -0.15) is 0 Å². The highest BCUT2D eigenvalue weighted by molar-refractivity contribution is 6.54. The third-order valence-corrected chi connectivity index (χ3v) is 9.35. The summed E-state index contributed by atoms with van der Waals surface area (Å²) in [4.78, 5) is 0. The fourth-order valence-corrected chi connectivity index (χ4v) is 7.43. The van der Waals surface area contributed by atoms with Crippen LogP contribution in [0.3, 0.4) is 0 Å². The van der Waals surface area contributed by atoms with Gasteiger partial charge >= 0.3 is 0 Å². The van der Waals surface area contributed by atoms with E-state index in [-0.39, 0.29) is 0 Å². The Morgan fingerprint density at radius 3 is 2.03 bits per heavy atom. The van der Waals surface area contributed by atoms with Crippen LogP contribution in [0.25, 0.3) is 0 Å². The summed E-state index contributed by atoms with van der Waals surface area (Å²) in [6.07, 6.45) is 13.9. The summed E-state index contributed by atoms with van der Waals surface area (Å²) in [7, 11) is 0.527. The van der Waals surface area contributed by atoms with Crippen LogP contribution in [0.4, 0.5) is 8.78 Å². The normalized spacial score (nSPS) is 27.7. The van der Waals surface area contributed by atoms with Crippen LogP contribution < -0.4 is 14.7 Å². The van der Waals surface area contributed by atoms with E-state index in [1.54, 1.807) is 6.07 Å². The summed E-state index contributed by atoms with van der Waals surface area (Å²) in [5, 5.41) is 0.946. The zero-order chi connectivity index (χ0) is 23.6. The van der Waals surface area contributed by atoms with Gasteiger partial charge < -0.3 is 9.47 Å². The maximum absolute atomic E-state index is 13.6. The molecule has 3 rings (SSSR count). The molecule has 33 heavy (non-hydrogen) atoms. The fraction of sp³-hybridized carbons (Fsp3) is 0.786. The van der Waals surface area contributed by atoms with E-state index in [9.17, 15) is 8.78 Å². The first-order valence-electron chi connectivity index (χ1n) is 13.4. The second-order valence-corrected chi connectivity index (χ2v) is 11.7.